The van der Waals surface area contributed by atoms with Crippen LogP contribution in [0.3, 0.4) is 0 Å². The third kappa shape index (κ3) is 5.03. The lowest BCUT2D eigenvalue weighted by Gasteiger charge is -2.09. The number of hydrogen-bond donors (Lipinski definition) is 0. The van der Waals surface area contributed by atoms with Crippen molar-refractivity contribution >= 4 is 29.4 Å². The van der Waals surface area contributed by atoms with Gasteiger partial charge in [-0.2, -0.15) is 0 Å². The second-order valence-electron chi connectivity index (χ2n) is 5.92. The molecule has 0 fully saturated rings. The molecule has 0 spiro atoms. The van der Waals surface area contributed by atoms with Crippen molar-refractivity contribution in [2.45, 2.75) is 0 Å². The van der Waals surface area contributed by atoms with Crippen molar-refractivity contribution in [3.05, 3.63) is 65.2 Å². The van der Waals surface area contributed by atoms with E-state index in [9.17, 15) is 9.59 Å². The predicted molar refractivity (Wildman–Crippen MR) is 113 cm³/mol. The maximum absolute atomic E-state index is 12.5. The van der Waals surface area contributed by atoms with Crippen molar-refractivity contribution < 1.29 is 28.5 Å². The smallest absolute Gasteiger partial charge is 0.363 e. The summed E-state index contributed by atoms with van der Waals surface area (Å²) in [6.07, 6.45) is 2.86. The van der Waals surface area contributed by atoms with Crippen LogP contribution in [0.4, 0.5) is 0 Å². The fourth-order valence-corrected chi connectivity index (χ4v) is 3.29. The van der Waals surface area contributed by atoms with Crippen molar-refractivity contribution in [2.75, 3.05) is 21.3 Å². The predicted octanol–water partition coefficient (Wildman–Crippen LogP) is 4.23. The number of carbonyl (C=O) groups is 2. The van der Waals surface area contributed by atoms with Crippen LogP contribution in [0.5, 0.6) is 17.2 Å². The third-order valence-electron chi connectivity index (χ3n) is 4.05. The van der Waals surface area contributed by atoms with Crippen molar-refractivity contribution in [3.63, 3.8) is 0 Å². The summed E-state index contributed by atoms with van der Waals surface area (Å²) in [4.78, 5) is 28.1. The van der Waals surface area contributed by atoms with Crippen LogP contribution in [-0.2, 0) is 9.53 Å². The van der Waals surface area contributed by atoms with E-state index in [2.05, 4.69) is 9.72 Å². The van der Waals surface area contributed by atoms with Gasteiger partial charge in [-0.05, 0) is 48.0 Å². The Labute approximate surface area is 177 Å². The first-order chi connectivity index (χ1) is 14.5. The molecule has 0 atom stereocenters. The van der Waals surface area contributed by atoms with E-state index in [0.717, 1.165) is 11.3 Å². The third-order valence-corrected chi connectivity index (χ3v) is 4.95. The average molecular weight is 425 g/mol. The highest BCUT2D eigenvalue weighted by molar-refractivity contribution is 7.13. The molecule has 3 aromatic rings. The maximum Gasteiger partial charge on any atom is 0.363 e. The van der Waals surface area contributed by atoms with Crippen LogP contribution in [0.1, 0.15) is 16.1 Å². The molecule has 0 unspecified atom stereocenters. The largest absolute Gasteiger partial charge is 0.497 e. The average Bonchev–Trinajstić information content (AvgIpc) is 3.28. The zero-order valence-corrected chi connectivity index (χ0v) is 17.4. The summed E-state index contributed by atoms with van der Waals surface area (Å²) < 4.78 is 20.5. The molecule has 8 heteroatoms. The van der Waals surface area contributed by atoms with E-state index in [4.69, 9.17) is 14.2 Å². The van der Waals surface area contributed by atoms with E-state index in [1.54, 1.807) is 36.8 Å². The summed E-state index contributed by atoms with van der Waals surface area (Å²) in [5, 5.41) is 2.34. The number of benzene rings is 2. The molecule has 0 bridgehead atoms. The summed E-state index contributed by atoms with van der Waals surface area (Å²) in [5.74, 6) is 0.271. The van der Waals surface area contributed by atoms with Crippen LogP contribution in [-0.4, -0.2) is 38.3 Å². The van der Waals surface area contributed by atoms with Crippen LogP contribution in [0.2, 0.25) is 0 Å². The van der Waals surface area contributed by atoms with Crippen LogP contribution in [0.15, 0.2) is 53.9 Å². The van der Waals surface area contributed by atoms with Gasteiger partial charge in [-0.25, -0.2) is 14.6 Å². The normalized spacial score (nSPS) is 10.6. The van der Waals surface area contributed by atoms with Gasteiger partial charge in [-0.15, -0.1) is 11.3 Å². The molecule has 0 radical (unpaired) electrons. The highest BCUT2D eigenvalue weighted by atomic mass is 32.1. The first kappa shape index (κ1) is 21.1. The summed E-state index contributed by atoms with van der Waals surface area (Å²) in [7, 11) is 4.36. The molecule has 3 rings (SSSR count). The minimum Gasteiger partial charge on any atom is -0.497 e. The lowest BCUT2D eigenvalue weighted by Crippen LogP contribution is -2.09. The monoisotopic (exact) mass is 425 g/mol. The number of esters is 2. The van der Waals surface area contributed by atoms with Gasteiger partial charge in [0.25, 0.3) is 0 Å². The number of ether oxygens (including phenoxy) is 4. The van der Waals surface area contributed by atoms with Gasteiger partial charge in [0.1, 0.15) is 10.8 Å². The second-order valence-corrected chi connectivity index (χ2v) is 6.78. The lowest BCUT2D eigenvalue weighted by molar-refractivity contribution is -0.134. The Kier molecular flexibility index (Phi) is 6.82. The van der Waals surface area contributed by atoms with Gasteiger partial charge in [0, 0.05) is 17.0 Å². The molecule has 0 aliphatic heterocycles. The van der Waals surface area contributed by atoms with Crippen LogP contribution in [0.25, 0.3) is 16.6 Å². The molecule has 0 amide bonds. The van der Waals surface area contributed by atoms with Gasteiger partial charge in [0.2, 0.25) is 0 Å². The van der Waals surface area contributed by atoms with E-state index in [1.165, 1.54) is 31.6 Å². The molecule has 0 saturated heterocycles. The molecule has 7 nitrogen and oxygen atoms in total. The van der Waals surface area contributed by atoms with Crippen LogP contribution >= 0.6 is 11.3 Å². The Morgan fingerprint density at radius 1 is 0.967 bits per heavy atom. The fraction of sp³-hybridized carbons (Fsp3) is 0.136. The molecule has 1 aromatic heterocycles. The van der Waals surface area contributed by atoms with E-state index in [-0.39, 0.29) is 11.4 Å². The summed E-state index contributed by atoms with van der Waals surface area (Å²) >= 11 is 1.34. The quantitative estimate of drug-likeness (QED) is 0.318. The molecule has 154 valence electrons. The van der Waals surface area contributed by atoms with E-state index in [0.29, 0.717) is 16.3 Å². The Morgan fingerprint density at radius 3 is 2.40 bits per heavy atom. The zero-order chi connectivity index (χ0) is 21.5. The van der Waals surface area contributed by atoms with Crippen molar-refractivity contribution in [2.24, 2.45) is 0 Å². The van der Waals surface area contributed by atoms with Crippen LogP contribution in [0, 0.1) is 0 Å². The topological polar surface area (TPSA) is 84.0 Å². The minimum atomic E-state index is -0.595. The molecule has 0 N–H and O–H groups in total. The van der Waals surface area contributed by atoms with Crippen molar-refractivity contribution in [3.8, 4) is 27.8 Å². The zero-order valence-electron chi connectivity index (χ0n) is 16.6. The van der Waals surface area contributed by atoms with Gasteiger partial charge >= 0.3 is 11.9 Å². The van der Waals surface area contributed by atoms with Gasteiger partial charge in [-0.3, -0.25) is 0 Å². The Hall–Kier alpha value is -3.65. The van der Waals surface area contributed by atoms with E-state index in [1.807, 2.05) is 24.3 Å². The lowest BCUT2D eigenvalue weighted by atomic mass is 10.2. The fourth-order valence-electron chi connectivity index (χ4n) is 2.49. The van der Waals surface area contributed by atoms with Crippen molar-refractivity contribution in [1.82, 2.24) is 4.98 Å². The van der Waals surface area contributed by atoms with E-state index < -0.39 is 11.9 Å². The molecular weight excluding hydrogens is 406 g/mol. The Bertz CT molecular complexity index is 1070. The number of thiazole rings is 1. The number of aromatic nitrogens is 1. The van der Waals surface area contributed by atoms with Crippen molar-refractivity contribution in [1.29, 1.82) is 0 Å². The standard InChI is InChI=1S/C22H19NO6S/c1-26-16-8-6-15(7-9-16)21-23-17(13-30-21)22(25)29-18-10-4-14(12-19(18)27-2)5-11-20(24)28-3/h4-13H,1-3H3/b11-5+. The first-order valence-corrected chi connectivity index (χ1v) is 9.68. The molecule has 1 heterocycles. The number of rotatable bonds is 7. The SMILES string of the molecule is COC(=O)/C=C/c1ccc(OC(=O)c2csc(-c3ccc(OC)cc3)n2)c(OC)c1. The van der Waals surface area contributed by atoms with Gasteiger partial charge in [-0.1, -0.05) is 6.07 Å². The second kappa shape index (κ2) is 9.71. The molecule has 0 saturated carbocycles. The minimum absolute atomic E-state index is 0.197. The molecule has 30 heavy (non-hydrogen) atoms. The number of methoxy groups -OCH3 is 3. The van der Waals surface area contributed by atoms with Gasteiger partial charge in [0.05, 0.1) is 21.3 Å². The Balaban J connectivity index is 1.74. The van der Waals surface area contributed by atoms with Crippen LogP contribution < -0.4 is 14.2 Å². The number of carbonyl (C=O) groups excluding carboxylic acids is 2. The summed E-state index contributed by atoms with van der Waals surface area (Å²) in [5.41, 5.74) is 1.76. The molecule has 0 aliphatic rings. The summed E-state index contributed by atoms with van der Waals surface area (Å²) in [6.45, 7) is 0. The van der Waals surface area contributed by atoms with Gasteiger partial charge in [0.15, 0.2) is 17.2 Å². The maximum atomic E-state index is 12.5. The highest BCUT2D eigenvalue weighted by Crippen LogP contribution is 2.30. The van der Waals surface area contributed by atoms with E-state index >= 15 is 0 Å². The number of hydrogen-bond acceptors (Lipinski definition) is 8. The number of nitrogens with zero attached hydrogens (tertiary/aromatic N) is 1. The van der Waals surface area contributed by atoms with Gasteiger partial charge < -0.3 is 18.9 Å². The molecular formula is C22H19NO6S. The molecule has 2 aromatic carbocycles. The Morgan fingerprint density at radius 2 is 1.73 bits per heavy atom. The summed E-state index contributed by atoms with van der Waals surface area (Å²) in [6, 6.07) is 12.3. The first-order valence-electron chi connectivity index (χ1n) is 8.80. The molecule has 0 aliphatic carbocycles. The highest BCUT2D eigenvalue weighted by Gasteiger charge is 2.17.